The molecule has 122 valence electrons. The molecule has 2 aliphatic rings. The van der Waals surface area contributed by atoms with Crippen LogP contribution in [0.4, 0.5) is 0 Å². The maximum Gasteiger partial charge on any atom is 0.229 e. The number of benzene rings is 1. The molecule has 2 aliphatic heterocycles. The number of likely N-dealkylation sites (tertiary alicyclic amines) is 1. The van der Waals surface area contributed by atoms with E-state index in [0.717, 1.165) is 49.5 Å². The molecule has 0 saturated carbocycles. The van der Waals surface area contributed by atoms with Crippen LogP contribution in [-0.4, -0.2) is 60.5 Å². The zero-order valence-corrected chi connectivity index (χ0v) is 13.4. The van der Waals surface area contributed by atoms with E-state index in [0.29, 0.717) is 12.5 Å². The number of nitrogens with one attached hydrogen (secondary N) is 3. The Bertz CT molecular complexity index is 694. The van der Waals surface area contributed by atoms with Gasteiger partial charge in [0, 0.05) is 45.1 Å². The number of rotatable bonds is 4. The van der Waals surface area contributed by atoms with Crippen LogP contribution < -0.4 is 10.6 Å². The average Bonchev–Trinajstić information content (AvgIpc) is 3.18. The molecule has 0 radical (unpaired) electrons. The van der Waals surface area contributed by atoms with Crippen molar-refractivity contribution in [1.29, 1.82) is 0 Å². The molecular formula is C17H23N5O. The molecule has 3 heterocycles. The number of aromatic nitrogens is 2. The fourth-order valence-electron chi connectivity index (χ4n) is 4.09. The highest BCUT2D eigenvalue weighted by molar-refractivity contribution is 5.84. The number of H-pyrrole nitrogens is 1. The van der Waals surface area contributed by atoms with Gasteiger partial charge in [0.25, 0.3) is 0 Å². The Kier molecular flexibility index (Phi) is 3.58. The molecule has 23 heavy (non-hydrogen) atoms. The molecule has 3 N–H and O–H groups in total. The van der Waals surface area contributed by atoms with Gasteiger partial charge in [0.1, 0.15) is 5.82 Å². The second-order valence-corrected chi connectivity index (χ2v) is 6.89. The van der Waals surface area contributed by atoms with Crippen molar-refractivity contribution < 1.29 is 4.79 Å². The lowest BCUT2D eigenvalue weighted by Gasteiger charge is -2.26. The Hall–Kier alpha value is -1.92. The molecule has 0 unspecified atom stereocenters. The van der Waals surface area contributed by atoms with Crippen LogP contribution in [0.2, 0.25) is 0 Å². The minimum atomic E-state index is -0.247. The van der Waals surface area contributed by atoms with Crippen molar-refractivity contribution in [3.8, 4) is 0 Å². The third-order valence-corrected chi connectivity index (χ3v) is 5.23. The van der Waals surface area contributed by atoms with E-state index in [4.69, 9.17) is 0 Å². The lowest BCUT2D eigenvalue weighted by atomic mass is 9.80. The van der Waals surface area contributed by atoms with E-state index >= 15 is 0 Å². The van der Waals surface area contributed by atoms with E-state index in [2.05, 4.69) is 32.5 Å². The Labute approximate surface area is 135 Å². The topological polar surface area (TPSA) is 73.1 Å². The largest absolute Gasteiger partial charge is 0.355 e. The number of fused-ring (bicyclic) bond motifs is 2. The van der Waals surface area contributed by atoms with E-state index in [1.54, 1.807) is 0 Å². The minimum absolute atomic E-state index is 0.188. The predicted octanol–water partition coefficient (Wildman–Crippen LogP) is 0.373. The van der Waals surface area contributed by atoms with Crippen molar-refractivity contribution in [2.45, 2.75) is 6.42 Å². The molecule has 2 saturated heterocycles. The summed E-state index contributed by atoms with van der Waals surface area (Å²) in [5.74, 6) is 1.54. The van der Waals surface area contributed by atoms with Crippen molar-refractivity contribution in [2.75, 3.05) is 39.8 Å². The number of imidazole rings is 1. The van der Waals surface area contributed by atoms with E-state index < -0.39 is 0 Å². The molecule has 4 rings (SSSR count). The zero-order chi connectivity index (χ0) is 15.9. The summed E-state index contributed by atoms with van der Waals surface area (Å²) in [7, 11) is 2.10. The van der Waals surface area contributed by atoms with Gasteiger partial charge in [-0.1, -0.05) is 12.1 Å². The molecule has 1 aromatic heterocycles. The maximum absolute atomic E-state index is 12.7. The van der Waals surface area contributed by atoms with E-state index in [1.165, 1.54) is 0 Å². The Morgan fingerprint density at radius 2 is 2.35 bits per heavy atom. The number of para-hydroxylation sites is 2. The van der Waals surface area contributed by atoms with Crippen LogP contribution in [0.5, 0.6) is 0 Å². The fraction of sp³-hybridized carbons (Fsp3) is 0.529. The summed E-state index contributed by atoms with van der Waals surface area (Å²) < 4.78 is 0. The van der Waals surface area contributed by atoms with Gasteiger partial charge in [0.15, 0.2) is 0 Å². The first kappa shape index (κ1) is 14.7. The molecule has 0 aliphatic carbocycles. The van der Waals surface area contributed by atoms with Crippen LogP contribution in [0.25, 0.3) is 11.0 Å². The van der Waals surface area contributed by atoms with Crippen LogP contribution in [0.3, 0.4) is 0 Å². The Balaban J connectivity index is 1.38. The molecule has 6 nitrogen and oxygen atoms in total. The first-order valence-corrected chi connectivity index (χ1v) is 8.28. The van der Waals surface area contributed by atoms with Gasteiger partial charge in [-0.25, -0.2) is 4.98 Å². The van der Waals surface area contributed by atoms with Crippen molar-refractivity contribution in [1.82, 2.24) is 25.5 Å². The standard InChI is InChI=1S/C17H23N5O/c1-22-9-12-8-18-10-17(12,11-22)16(23)19-7-6-15-20-13-4-2-3-5-14(13)21-15/h2-5,12,18H,6-11H2,1H3,(H,19,23)(H,20,21)/t12-,17-/m0/s1. The van der Waals surface area contributed by atoms with Crippen LogP contribution in [0, 0.1) is 11.3 Å². The molecule has 1 amide bonds. The number of amides is 1. The molecule has 2 aromatic rings. The van der Waals surface area contributed by atoms with Crippen molar-refractivity contribution in [3.63, 3.8) is 0 Å². The number of aromatic amines is 1. The summed E-state index contributed by atoms with van der Waals surface area (Å²) in [6.07, 6.45) is 0.727. The summed E-state index contributed by atoms with van der Waals surface area (Å²) in [5.41, 5.74) is 1.78. The molecule has 0 bridgehead atoms. The number of carbonyl (C=O) groups excluding carboxylic acids is 1. The highest BCUT2D eigenvalue weighted by Gasteiger charge is 2.53. The number of carbonyl (C=O) groups is 1. The zero-order valence-electron chi connectivity index (χ0n) is 13.4. The lowest BCUT2D eigenvalue weighted by Crippen LogP contribution is -2.47. The first-order valence-electron chi connectivity index (χ1n) is 8.28. The quantitative estimate of drug-likeness (QED) is 0.763. The van der Waals surface area contributed by atoms with E-state index in [-0.39, 0.29) is 11.3 Å². The summed E-state index contributed by atoms with van der Waals surface area (Å²) in [4.78, 5) is 22.9. The van der Waals surface area contributed by atoms with Gasteiger partial charge >= 0.3 is 0 Å². The average molecular weight is 313 g/mol. The lowest BCUT2D eigenvalue weighted by molar-refractivity contribution is -0.130. The van der Waals surface area contributed by atoms with Crippen LogP contribution in [-0.2, 0) is 11.2 Å². The number of hydrogen-bond donors (Lipinski definition) is 3. The van der Waals surface area contributed by atoms with Crippen molar-refractivity contribution in [3.05, 3.63) is 30.1 Å². The summed E-state index contributed by atoms with van der Waals surface area (Å²) in [6, 6.07) is 8.00. The maximum atomic E-state index is 12.7. The molecule has 6 heteroatoms. The first-order chi connectivity index (χ1) is 11.2. The van der Waals surface area contributed by atoms with Crippen molar-refractivity contribution >= 4 is 16.9 Å². The van der Waals surface area contributed by atoms with Gasteiger partial charge in [0.05, 0.1) is 16.4 Å². The number of nitrogens with zero attached hydrogens (tertiary/aromatic N) is 2. The Morgan fingerprint density at radius 3 is 3.22 bits per heavy atom. The SMILES string of the molecule is CN1C[C@@H]2CNC[C@]2(C(=O)NCCc2nc3ccccc3[nH]2)C1. The predicted molar refractivity (Wildman–Crippen MR) is 89.1 cm³/mol. The molecule has 0 spiro atoms. The summed E-state index contributed by atoms with van der Waals surface area (Å²) in [5, 5.41) is 6.52. The van der Waals surface area contributed by atoms with Gasteiger partial charge in [-0.15, -0.1) is 0 Å². The normalized spacial score (nSPS) is 27.4. The number of hydrogen-bond acceptors (Lipinski definition) is 4. The van der Waals surface area contributed by atoms with Crippen molar-refractivity contribution in [2.24, 2.45) is 11.3 Å². The molecule has 2 fully saturated rings. The molecule has 1 aromatic carbocycles. The third-order valence-electron chi connectivity index (χ3n) is 5.23. The minimum Gasteiger partial charge on any atom is -0.355 e. The summed E-state index contributed by atoms with van der Waals surface area (Å²) >= 11 is 0. The highest BCUT2D eigenvalue weighted by Crippen LogP contribution is 2.38. The fourth-order valence-corrected chi connectivity index (χ4v) is 4.09. The van der Waals surface area contributed by atoms with Crippen LogP contribution in [0.1, 0.15) is 5.82 Å². The second-order valence-electron chi connectivity index (χ2n) is 6.89. The van der Waals surface area contributed by atoms with Gasteiger partial charge in [-0.2, -0.15) is 0 Å². The van der Waals surface area contributed by atoms with E-state index in [9.17, 15) is 4.79 Å². The van der Waals surface area contributed by atoms with Gasteiger partial charge in [0.2, 0.25) is 5.91 Å². The second kappa shape index (κ2) is 5.62. The highest BCUT2D eigenvalue weighted by atomic mass is 16.2. The van der Waals surface area contributed by atoms with E-state index in [1.807, 2.05) is 24.3 Å². The molecular weight excluding hydrogens is 290 g/mol. The summed E-state index contributed by atoms with van der Waals surface area (Å²) in [6.45, 7) is 4.21. The third kappa shape index (κ3) is 2.52. The molecule has 2 atom stereocenters. The van der Waals surface area contributed by atoms with Gasteiger partial charge < -0.3 is 20.5 Å². The Morgan fingerprint density at radius 1 is 1.48 bits per heavy atom. The smallest absolute Gasteiger partial charge is 0.229 e. The van der Waals surface area contributed by atoms with Gasteiger partial charge in [-0.3, -0.25) is 4.79 Å². The van der Waals surface area contributed by atoms with Crippen LogP contribution in [0.15, 0.2) is 24.3 Å². The van der Waals surface area contributed by atoms with Crippen LogP contribution >= 0.6 is 0 Å². The van der Waals surface area contributed by atoms with Gasteiger partial charge in [-0.05, 0) is 19.2 Å². The monoisotopic (exact) mass is 313 g/mol.